The molecule has 0 saturated carbocycles. The lowest BCUT2D eigenvalue weighted by atomic mass is 9.95. The van der Waals surface area contributed by atoms with E-state index < -0.39 is 17.8 Å². The summed E-state index contributed by atoms with van der Waals surface area (Å²) in [5.41, 5.74) is 4.74. The number of halogens is 2. The molecule has 5 aromatic rings. The lowest BCUT2D eigenvalue weighted by Gasteiger charge is -2.44. The summed E-state index contributed by atoms with van der Waals surface area (Å²) in [5, 5.41) is 20.0. The van der Waals surface area contributed by atoms with Crippen LogP contribution in [0.4, 0.5) is 16.2 Å². The Balaban J connectivity index is 1.43. The number of piperazine rings is 1. The van der Waals surface area contributed by atoms with Crippen LogP contribution in [0.15, 0.2) is 47.5 Å². The van der Waals surface area contributed by atoms with Crippen molar-refractivity contribution in [3.63, 3.8) is 0 Å². The Labute approximate surface area is 263 Å². The number of carbonyl (C=O) groups is 1. The summed E-state index contributed by atoms with van der Waals surface area (Å²) in [6.45, 7) is 7.54. The minimum Gasteiger partial charge on any atom is -0.463 e. The van der Waals surface area contributed by atoms with Crippen LogP contribution < -0.4 is 9.80 Å². The van der Waals surface area contributed by atoms with Crippen LogP contribution in [0.25, 0.3) is 43.9 Å². The van der Waals surface area contributed by atoms with Crippen molar-refractivity contribution in [1.29, 1.82) is 5.26 Å². The van der Waals surface area contributed by atoms with E-state index in [9.17, 15) is 14.4 Å². The number of H-pyrrole nitrogens is 1. The van der Waals surface area contributed by atoms with Gasteiger partial charge in [-0.3, -0.25) is 9.89 Å². The van der Waals surface area contributed by atoms with E-state index in [0.29, 0.717) is 45.9 Å². The van der Waals surface area contributed by atoms with Gasteiger partial charge in [0.15, 0.2) is 5.83 Å². The second-order valence-electron chi connectivity index (χ2n) is 11.9. The van der Waals surface area contributed by atoms with Crippen molar-refractivity contribution in [2.24, 2.45) is 0 Å². The SMILES string of the molecule is C=C(F)C(=O)N1CCN(c2nc(N3CC(N(C)C)C3)nc3cc(-c4c(Cl)c(C)cc5[nH]ncc45)c4ccoc4c23)C[C@@H]1CC#N. The zero-order chi connectivity index (χ0) is 31.6. The normalized spacial score (nSPS) is 17.4. The Morgan fingerprint density at radius 2 is 2.02 bits per heavy atom. The summed E-state index contributed by atoms with van der Waals surface area (Å²) in [6, 6.07) is 7.89. The molecule has 1 N–H and O–H groups in total. The molecule has 2 aromatic carbocycles. The van der Waals surface area contributed by atoms with E-state index >= 15 is 0 Å². The number of aromatic nitrogens is 4. The fraction of sp³-hybridized carbons (Fsp3) is 0.344. The molecule has 0 unspecified atom stereocenters. The number of amides is 1. The number of nitrogens with zero attached hydrogens (tertiary/aromatic N) is 8. The number of carbonyl (C=O) groups excluding carboxylic acids is 1. The second-order valence-corrected chi connectivity index (χ2v) is 12.3. The van der Waals surface area contributed by atoms with Gasteiger partial charge in [-0.15, -0.1) is 0 Å². The molecule has 2 fully saturated rings. The van der Waals surface area contributed by atoms with E-state index in [2.05, 4.69) is 46.7 Å². The molecule has 45 heavy (non-hydrogen) atoms. The summed E-state index contributed by atoms with van der Waals surface area (Å²) in [7, 11) is 4.11. The van der Waals surface area contributed by atoms with Crippen molar-refractivity contribution in [3.8, 4) is 17.2 Å². The first-order valence-corrected chi connectivity index (χ1v) is 15.1. The third kappa shape index (κ3) is 4.74. The van der Waals surface area contributed by atoms with Gasteiger partial charge < -0.3 is 24.0 Å². The van der Waals surface area contributed by atoms with E-state index in [1.54, 1.807) is 12.5 Å². The number of hydrogen-bond acceptors (Lipinski definition) is 9. The van der Waals surface area contributed by atoms with E-state index in [-0.39, 0.29) is 19.5 Å². The van der Waals surface area contributed by atoms with Gasteiger partial charge in [0.05, 0.1) is 52.4 Å². The molecule has 5 heterocycles. The van der Waals surface area contributed by atoms with Crippen LogP contribution >= 0.6 is 11.6 Å². The number of nitrogens with one attached hydrogen (secondary N) is 1. The average Bonchev–Trinajstić information content (AvgIpc) is 3.66. The minimum absolute atomic E-state index is 0.0366. The van der Waals surface area contributed by atoms with Crippen molar-refractivity contribution >= 4 is 62.0 Å². The first kappa shape index (κ1) is 29.0. The van der Waals surface area contributed by atoms with Crippen molar-refractivity contribution in [1.82, 2.24) is 30.0 Å². The summed E-state index contributed by atoms with van der Waals surface area (Å²) in [4.78, 5) is 30.5. The fourth-order valence-corrected chi connectivity index (χ4v) is 6.70. The summed E-state index contributed by atoms with van der Waals surface area (Å²) >= 11 is 6.98. The second kappa shape index (κ2) is 11.0. The lowest BCUT2D eigenvalue weighted by molar-refractivity contribution is -0.131. The molecule has 0 bridgehead atoms. The largest absolute Gasteiger partial charge is 0.463 e. The molecular formula is C32H31ClFN9O2. The van der Waals surface area contributed by atoms with Crippen LogP contribution in [0.2, 0.25) is 5.02 Å². The zero-order valence-corrected chi connectivity index (χ0v) is 25.9. The third-order valence-corrected chi connectivity index (χ3v) is 9.47. The number of benzene rings is 2. The Hall–Kier alpha value is -4.73. The number of anilines is 2. The van der Waals surface area contributed by atoms with Gasteiger partial charge in [-0.2, -0.15) is 15.3 Å². The van der Waals surface area contributed by atoms with Gasteiger partial charge in [0, 0.05) is 55.1 Å². The van der Waals surface area contributed by atoms with Gasteiger partial charge in [0.2, 0.25) is 5.95 Å². The van der Waals surface area contributed by atoms with Crippen LogP contribution in [0.3, 0.4) is 0 Å². The molecule has 7 rings (SSSR count). The van der Waals surface area contributed by atoms with Crippen molar-refractivity contribution in [2.45, 2.75) is 25.4 Å². The maximum absolute atomic E-state index is 13.9. The van der Waals surface area contributed by atoms with Crippen molar-refractivity contribution in [2.75, 3.05) is 56.6 Å². The van der Waals surface area contributed by atoms with Crippen LogP contribution in [0, 0.1) is 18.3 Å². The molecule has 1 amide bonds. The fourth-order valence-electron chi connectivity index (χ4n) is 6.44. The topological polar surface area (TPSA) is 121 Å². The monoisotopic (exact) mass is 627 g/mol. The van der Waals surface area contributed by atoms with Crippen LogP contribution in [0.5, 0.6) is 0 Å². The minimum atomic E-state index is -1.04. The standard InChI is InChI=1S/C32H31ClFN9O2/c1-17-11-24-23(13-36-39-24)26(28(17)33)22-12-25-27(29-21(22)6-10-45-29)30(38-32(37-25)42-15-20(16-42)40(3)4)41-8-9-43(31(44)18(2)34)19(14-41)5-7-35/h6,10-13,19-20H,2,5,8-9,14-16H2,1,3-4H3,(H,36,39)/t19-/m0/s1. The Morgan fingerprint density at radius 1 is 1.22 bits per heavy atom. The molecule has 230 valence electrons. The average molecular weight is 628 g/mol. The number of furan rings is 1. The van der Waals surface area contributed by atoms with Crippen LogP contribution in [0.1, 0.15) is 12.0 Å². The molecule has 2 aliphatic rings. The van der Waals surface area contributed by atoms with Gasteiger partial charge in [-0.05, 0) is 50.3 Å². The highest BCUT2D eigenvalue weighted by atomic mass is 35.5. The lowest BCUT2D eigenvalue weighted by Crippen LogP contribution is -2.58. The molecule has 11 nitrogen and oxygen atoms in total. The highest BCUT2D eigenvalue weighted by Gasteiger charge is 2.36. The van der Waals surface area contributed by atoms with Gasteiger partial charge in [-0.25, -0.2) is 9.37 Å². The molecule has 13 heteroatoms. The Morgan fingerprint density at radius 3 is 2.76 bits per heavy atom. The van der Waals surface area contributed by atoms with Gasteiger partial charge >= 0.3 is 0 Å². The van der Waals surface area contributed by atoms with Crippen molar-refractivity contribution in [3.05, 3.63) is 53.7 Å². The summed E-state index contributed by atoms with van der Waals surface area (Å²) in [6.07, 6.45) is 3.45. The first-order valence-electron chi connectivity index (χ1n) is 14.7. The van der Waals surface area contributed by atoms with Crippen LogP contribution in [-0.4, -0.2) is 94.8 Å². The summed E-state index contributed by atoms with van der Waals surface area (Å²) in [5.74, 6) is -0.630. The quantitative estimate of drug-likeness (QED) is 0.258. The molecule has 0 radical (unpaired) electrons. The van der Waals surface area contributed by atoms with E-state index in [4.69, 9.17) is 26.0 Å². The molecule has 3 aromatic heterocycles. The molecule has 1 atom stereocenters. The van der Waals surface area contributed by atoms with E-state index in [1.807, 2.05) is 30.0 Å². The maximum Gasteiger partial charge on any atom is 0.282 e. The number of likely N-dealkylation sites (N-methyl/N-ethyl adjacent to an activating group) is 1. The molecule has 2 aliphatic heterocycles. The van der Waals surface area contributed by atoms with Crippen LogP contribution in [-0.2, 0) is 4.79 Å². The number of nitriles is 1. The van der Waals surface area contributed by atoms with Gasteiger partial charge in [0.1, 0.15) is 11.4 Å². The molecular weight excluding hydrogens is 597 g/mol. The molecule has 2 saturated heterocycles. The van der Waals surface area contributed by atoms with E-state index in [0.717, 1.165) is 46.1 Å². The highest BCUT2D eigenvalue weighted by Crippen LogP contribution is 2.45. The molecule has 0 aliphatic carbocycles. The number of fused-ring (bicyclic) bond motifs is 4. The maximum atomic E-state index is 13.9. The first-order chi connectivity index (χ1) is 21.7. The van der Waals surface area contributed by atoms with Gasteiger partial charge in [-0.1, -0.05) is 18.2 Å². The van der Waals surface area contributed by atoms with Crippen molar-refractivity contribution < 1.29 is 13.6 Å². The number of aryl methyl sites for hydroxylation is 1. The smallest absolute Gasteiger partial charge is 0.282 e. The number of aromatic amines is 1. The highest BCUT2D eigenvalue weighted by molar-refractivity contribution is 6.36. The predicted octanol–water partition coefficient (Wildman–Crippen LogP) is 5.05. The summed E-state index contributed by atoms with van der Waals surface area (Å²) < 4.78 is 20.1. The number of rotatable bonds is 6. The predicted molar refractivity (Wildman–Crippen MR) is 172 cm³/mol. The number of hydrogen-bond donors (Lipinski definition) is 1. The third-order valence-electron chi connectivity index (χ3n) is 8.98. The van der Waals surface area contributed by atoms with Gasteiger partial charge in [0.25, 0.3) is 5.91 Å². The molecule has 0 spiro atoms. The zero-order valence-electron chi connectivity index (χ0n) is 25.1. The van der Waals surface area contributed by atoms with E-state index in [1.165, 1.54) is 4.90 Å². The Bertz CT molecular complexity index is 2040. The Kier molecular flexibility index (Phi) is 7.10.